The molecule has 2 heterocycles. The molecular formula is C12H15N3O2S. The van der Waals surface area contributed by atoms with E-state index in [1.807, 2.05) is 23.2 Å². The molecule has 0 N–H and O–H groups in total. The minimum atomic E-state index is -0.234. The number of ether oxygens (including phenoxy) is 1. The largest absolute Gasteiger partial charge is 0.466 e. The third-order valence-corrected chi connectivity index (χ3v) is 3.25. The number of nitrogens with zero attached hydrogens (tertiary/aromatic N) is 3. The molecule has 0 saturated carbocycles. The molecule has 0 aromatic carbocycles. The Balaban J connectivity index is 2.07. The number of aryl methyl sites for hydroxylation is 1. The first-order valence-corrected chi connectivity index (χ1v) is 6.73. The summed E-state index contributed by atoms with van der Waals surface area (Å²) in [6.07, 6.45) is 3.97. The molecule has 0 aliphatic rings. The number of esters is 1. The lowest BCUT2D eigenvalue weighted by Gasteiger charge is -1.97. The van der Waals surface area contributed by atoms with Crippen molar-refractivity contribution in [3.63, 3.8) is 0 Å². The maximum Gasteiger partial charge on any atom is 0.312 e. The summed E-state index contributed by atoms with van der Waals surface area (Å²) in [6, 6.07) is 0. The van der Waals surface area contributed by atoms with Crippen molar-refractivity contribution < 1.29 is 9.53 Å². The van der Waals surface area contributed by atoms with Crippen molar-refractivity contribution in [3.05, 3.63) is 22.8 Å². The Morgan fingerprint density at radius 1 is 1.50 bits per heavy atom. The first-order valence-electron chi connectivity index (χ1n) is 5.85. The smallest absolute Gasteiger partial charge is 0.312 e. The molecule has 5 nitrogen and oxygen atoms in total. The highest BCUT2D eigenvalue weighted by Gasteiger charge is 2.10. The van der Waals surface area contributed by atoms with E-state index in [9.17, 15) is 4.79 Å². The molecule has 0 aliphatic carbocycles. The van der Waals surface area contributed by atoms with E-state index in [1.165, 1.54) is 11.3 Å². The second-order valence-electron chi connectivity index (χ2n) is 3.69. The Labute approximate surface area is 109 Å². The number of aromatic nitrogens is 3. The van der Waals surface area contributed by atoms with Gasteiger partial charge < -0.3 is 4.74 Å². The van der Waals surface area contributed by atoms with Crippen LogP contribution in [0.4, 0.5) is 0 Å². The van der Waals surface area contributed by atoms with Crippen LogP contribution >= 0.6 is 11.3 Å². The molecule has 0 aliphatic heterocycles. The number of carbonyl (C=O) groups excluding carboxylic acids is 1. The molecule has 0 spiro atoms. The van der Waals surface area contributed by atoms with Gasteiger partial charge in [0.25, 0.3) is 0 Å². The summed E-state index contributed by atoms with van der Waals surface area (Å²) in [5.74, 6) is -0.234. The second kappa shape index (κ2) is 5.77. The summed E-state index contributed by atoms with van der Waals surface area (Å²) in [7, 11) is 0. The molecule has 0 saturated heterocycles. The Hall–Kier alpha value is -1.69. The fourth-order valence-corrected chi connectivity index (χ4v) is 2.32. The SMILES string of the molecule is CCOC(=O)Cc1nc(-c2cnn(CC)c2)cs1. The van der Waals surface area contributed by atoms with Gasteiger partial charge in [0.05, 0.1) is 24.9 Å². The summed E-state index contributed by atoms with van der Waals surface area (Å²) in [6.45, 7) is 5.06. The molecule has 96 valence electrons. The molecule has 2 aromatic rings. The molecule has 18 heavy (non-hydrogen) atoms. The average Bonchev–Trinajstić information content (AvgIpc) is 2.96. The summed E-state index contributed by atoms with van der Waals surface area (Å²) in [5, 5.41) is 6.91. The van der Waals surface area contributed by atoms with Gasteiger partial charge in [-0.1, -0.05) is 0 Å². The maximum absolute atomic E-state index is 11.3. The van der Waals surface area contributed by atoms with Gasteiger partial charge >= 0.3 is 5.97 Å². The van der Waals surface area contributed by atoms with Crippen molar-refractivity contribution in [3.8, 4) is 11.3 Å². The third kappa shape index (κ3) is 2.95. The monoisotopic (exact) mass is 265 g/mol. The molecular weight excluding hydrogens is 250 g/mol. The fraction of sp³-hybridized carbons (Fsp3) is 0.417. The van der Waals surface area contributed by atoms with E-state index in [4.69, 9.17) is 4.74 Å². The zero-order chi connectivity index (χ0) is 13.0. The van der Waals surface area contributed by atoms with Crippen LogP contribution in [-0.2, 0) is 22.5 Å². The highest BCUT2D eigenvalue weighted by atomic mass is 32.1. The van der Waals surface area contributed by atoms with E-state index in [0.29, 0.717) is 6.61 Å². The van der Waals surface area contributed by atoms with E-state index in [2.05, 4.69) is 10.1 Å². The summed E-state index contributed by atoms with van der Waals surface area (Å²) in [4.78, 5) is 15.8. The van der Waals surface area contributed by atoms with Crippen LogP contribution in [0.5, 0.6) is 0 Å². The Bertz CT molecular complexity index is 533. The molecule has 0 bridgehead atoms. The highest BCUT2D eigenvalue weighted by molar-refractivity contribution is 7.10. The van der Waals surface area contributed by atoms with Crippen LogP contribution in [0, 0.1) is 0 Å². The Morgan fingerprint density at radius 3 is 3.00 bits per heavy atom. The molecule has 0 unspecified atom stereocenters. The van der Waals surface area contributed by atoms with E-state index in [-0.39, 0.29) is 12.4 Å². The molecule has 2 aromatic heterocycles. The Kier molecular flexibility index (Phi) is 4.09. The lowest BCUT2D eigenvalue weighted by atomic mass is 10.3. The van der Waals surface area contributed by atoms with Crippen molar-refractivity contribution in [2.75, 3.05) is 6.61 Å². The standard InChI is InChI=1S/C12H15N3O2S/c1-3-15-7-9(6-13-15)10-8-18-11(14-10)5-12(16)17-4-2/h6-8H,3-5H2,1-2H3. The zero-order valence-corrected chi connectivity index (χ0v) is 11.2. The van der Waals surface area contributed by atoms with Gasteiger partial charge in [0.1, 0.15) is 5.01 Å². The number of hydrogen-bond acceptors (Lipinski definition) is 5. The van der Waals surface area contributed by atoms with Gasteiger partial charge in [0, 0.05) is 23.7 Å². The van der Waals surface area contributed by atoms with Crippen LogP contribution in [0.2, 0.25) is 0 Å². The third-order valence-electron chi connectivity index (χ3n) is 2.41. The number of carbonyl (C=O) groups is 1. The molecule has 0 amide bonds. The fourth-order valence-electron chi connectivity index (χ4n) is 1.53. The van der Waals surface area contributed by atoms with Crippen molar-refractivity contribution in [2.24, 2.45) is 0 Å². The summed E-state index contributed by atoms with van der Waals surface area (Å²) in [5.41, 5.74) is 1.84. The van der Waals surface area contributed by atoms with E-state index >= 15 is 0 Å². The lowest BCUT2D eigenvalue weighted by molar-refractivity contribution is -0.142. The van der Waals surface area contributed by atoms with Crippen molar-refractivity contribution in [2.45, 2.75) is 26.8 Å². The molecule has 6 heteroatoms. The van der Waals surface area contributed by atoms with E-state index < -0.39 is 0 Å². The van der Waals surface area contributed by atoms with Gasteiger partial charge in [-0.05, 0) is 13.8 Å². The minimum absolute atomic E-state index is 0.234. The molecule has 2 rings (SSSR count). The first kappa shape index (κ1) is 12.8. The first-order chi connectivity index (χ1) is 8.72. The quantitative estimate of drug-likeness (QED) is 0.777. The van der Waals surface area contributed by atoms with Gasteiger partial charge in [-0.3, -0.25) is 9.48 Å². The molecule has 0 fully saturated rings. The van der Waals surface area contributed by atoms with Crippen LogP contribution in [0.15, 0.2) is 17.8 Å². The van der Waals surface area contributed by atoms with Gasteiger partial charge in [0.2, 0.25) is 0 Å². The molecule has 0 radical (unpaired) electrons. The van der Waals surface area contributed by atoms with E-state index in [1.54, 1.807) is 13.1 Å². The number of hydrogen-bond donors (Lipinski definition) is 0. The molecule has 0 atom stereocenters. The van der Waals surface area contributed by atoms with Crippen LogP contribution in [0.1, 0.15) is 18.9 Å². The van der Waals surface area contributed by atoms with Gasteiger partial charge in [-0.25, -0.2) is 4.98 Å². The number of thiazole rings is 1. The minimum Gasteiger partial charge on any atom is -0.466 e. The van der Waals surface area contributed by atoms with Crippen molar-refractivity contribution >= 4 is 17.3 Å². The van der Waals surface area contributed by atoms with Crippen molar-refractivity contribution in [1.82, 2.24) is 14.8 Å². The highest BCUT2D eigenvalue weighted by Crippen LogP contribution is 2.21. The average molecular weight is 265 g/mol. The topological polar surface area (TPSA) is 57.0 Å². The van der Waals surface area contributed by atoms with E-state index in [0.717, 1.165) is 22.8 Å². The number of rotatable bonds is 5. The predicted molar refractivity (Wildman–Crippen MR) is 69.3 cm³/mol. The van der Waals surface area contributed by atoms with Gasteiger partial charge in [-0.2, -0.15) is 5.10 Å². The second-order valence-corrected chi connectivity index (χ2v) is 4.64. The van der Waals surface area contributed by atoms with Crippen LogP contribution in [0.25, 0.3) is 11.3 Å². The van der Waals surface area contributed by atoms with Crippen LogP contribution < -0.4 is 0 Å². The van der Waals surface area contributed by atoms with Gasteiger partial charge in [-0.15, -0.1) is 11.3 Å². The van der Waals surface area contributed by atoms with Crippen LogP contribution in [-0.4, -0.2) is 27.3 Å². The van der Waals surface area contributed by atoms with Crippen molar-refractivity contribution in [1.29, 1.82) is 0 Å². The lowest BCUT2D eigenvalue weighted by Crippen LogP contribution is -2.07. The van der Waals surface area contributed by atoms with Crippen LogP contribution in [0.3, 0.4) is 0 Å². The Morgan fingerprint density at radius 2 is 2.33 bits per heavy atom. The summed E-state index contributed by atoms with van der Waals surface area (Å²) < 4.78 is 6.74. The zero-order valence-electron chi connectivity index (χ0n) is 10.4. The summed E-state index contributed by atoms with van der Waals surface area (Å²) >= 11 is 1.47. The van der Waals surface area contributed by atoms with Gasteiger partial charge in [0.15, 0.2) is 0 Å². The normalized spacial score (nSPS) is 10.6. The predicted octanol–water partition coefficient (Wildman–Crippen LogP) is 2.13. The maximum atomic E-state index is 11.3.